The van der Waals surface area contributed by atoms with Crippen molar-refractivity contribution in [3.05, 3.63) is 47.7 Å². The fraction of sp³-hybridized carbons (Fsp3) is 0.133. The van der Waals surface area contributed by atoms with E-state index in [9.17, 15) is 18.0 Å². The van der Waals surface area contributed by atoms with E-state index in [2.05, 4.69) is 26.1 Å². The predicted molar refractivity (Wildman–Crippen MR) is 87.1 cm³/mol. The van der Waals surface area contributed by atoms with Gasteiger partial charge in [-0.25, -0.2) is 10.1 Å². The largest absolute Gasteiger partial charge is 0.455 e. The average Bonchev–Trinajstić information content (AvgIpc) is 3.24. The number of halogens is 3. The van der Waals surface area contributed by atoms with E-state index in [0.29, 0.717) is 0 Å². The second-order valence-corrected chi connectivity index (χ2v) is 5.27. The molecule has 2 heterocycles. The first kappa shape index (κ1) is 18.1. The Morgan fingerprint density at radius 3 is 2.85 bits per heavy atom. The summed E-state index contributed by atoms with van der Waals surface area (Å²) in [6.07, 6.45) is -3.24. The maximum absolute atomic E-state index is 12.8. The monoisotopic (exact) mass is 379 g/mol. The van der Waals surface area contributed by atoms with E-state index in [0.717, 1.165) is 16.8 Å². The van der Waals surface area contributed by atoms with Crippen molar-refractivity contribution in [2.45, 2.75) is 12.7 Å². The van der Waals surface area contributed by atoms with Gasteiger partial charge in [-0.2, -0.15) is 18.3 Å². The zero-order chi connectivity index (χ0) is 19.4. The maximum atomic E-state index is 12.8. The number of hydrogen-bond donors (Lipinski definition) is 2. The number of aromatic nitrogens is 4. The minimum atomic E-state index is -4.44. The molecule has 0 aliphatic carbocycles. The number of nitrogens with two attached hydrogens (primary N) is 1. The van der Waals surface area contributed by atoms with Crippen LogP contribution < -0.4 is 11.2 Å². The van der Waals surface area contributed by atoms with E-state index < -0.39 is 17.6 Å². The molecule has 27 heavy (non-hydrogen) atoms. The molecule has 1 amide bonds. The highest BCUT2D eigenvalue weighted by molar-refractivity contribution is 5.81. The molecule has 3 aromatic rings. The quantitative estimate of drug-likeness (QED) is 0.513. The summed E-state index contributed by atoms with van der Waals surface area (Å²) in [6.45, 7) is -0.232. The van der Waals surface area contributed by atoms with E-state index in [-0.39, 0.29) is 29.6 Å². The third-order valence-electron chi connectivity index (χ3n) is 3.34. The number of hydrazone groups is 1. The van der Waals surface area contributed by atoms with E-state index in [4.69, 9.17) is 10.2 Å². The minimum Gasteiger partial charge on any atom is -0.455 e. The first-order chi connectivity index (χ1) is 12.8. The van der Waals surface area contributed by atoms with Crippen LogP contribution in [0.2, 0.25) is 0 Å². The van der Waals surface area contributed by atoms with Crippen LogP contribution in [-0.4, -0.2) is 32.3 Å². The van der Waals surface area contributed by atoms with Crippen molar-refractivity contribution in [2.24, 2.45) is 5.10 Å². The van der Waals surface area contributed by atoms with Gasteiger partial charge in [-0.05, 0) is 34.7 Å². The molecule has 140 valence electrons. The van der Waals surface area contributed by atoms with Gasteiger partial charge in [0.2, 0.25) is 5.95 Å². The van der Waals surface area contributed by atoms with Crippen molar-refractivity contribution < 1.29 is 22.4 Å². The molecule has 0 bridgehead atoms. The summed E-state index contributed by atoms with van der Waals surface area (Å²) in [5.41, 5.74) is 7.14. The minimum absolute atomic E-state index is 0.0223. The van der Waals surface area contributed by atoms with Crippen LogP contribution in [0.15, 0.2) is 45.9 Å². The lowest BCUT2D eigenvalue weighted by Crippen LogP contribution is -2.24. The molecular weight excluding hydrogens is 367 g/mol. The lowest BCUT2D eigenvalue weighted by atomic mass is 10.1. The Kier molecular flexibility index (Phi) is 4.88. The van der Waals surface area contributed by atoms with Crippen molar-refractivity contribution in [1.82, 2.24) is 25.6 Å². The number of furan rings is 1. The SMILES string of the molecule is Nc1nnnn1CC(=O)N/N=C\c1ccc(-c2cccc(C(F)(F)F)c2)o1. The molecule has 0 radical (unpaired) electrons. The summed E-state index contributed by atoms with van der Waals surface area (Å²) in [5.74, 6) is -0.0826. The Bertz CT molecular complexity index is 978. The van der Waals surface area contributed by atoms with Gasteiger partial charge in [0.1, 0.15) is 18.1 Å². The van der Waals surface area contributed by atoms with E-state index >= 15 is 0 Å². The van der Waals surface area contributed by atoms with Gasteiger partial charge in [0, 0.05) is 5.56 Å². The van der Waals surface area contributed by atoms with Crippen LogP contribution >= 0.6 is 0 Å². The molecule has 9 nitrogen and oxygen atoms in total. The molecule has 12 heteroatoms. The van der Waals surface area contributed by atoms with Crippen LogP contribution in [0.25, 0.3) is 11.3 Å². The third kappa shape index (κ3) is 4.48. The smallest absolute Gasteiger partial charge is 0.416 e. The van der Waals surface area contributed by atoms with Gasteiger partial charge in [-0.1, -0.05) is 17.2 Å². The fourth-order valence-electron chi connectivity index (χ4n) is 2.09. The Hall–Kier alpha value is -3.70. The summed E-state index contributed by atoms with van der Waals surface area (Å²) >= 11 is 0. The van der Waals surface area contributed by atoms with Crippen molar-refractivity contribution in [3.63, 3.8) is 0 Å². The van der Waals surface area contributed by atoms with Gasteiger partial charge >= 0.3 is 6.18 Å². The number of rotatable bonds is 5. The molecule has 2 aromatic heterocycles. The number of carbonyl (C=O) groups excluding carboxylic acids is 1. The molecule has 0 unspecified atom stereocenters. The highest BCUT2D eigenvalue weighted by Gasteiger charge is 2.30. The lowest BCUT2D eigenvalue weighted by Gasteiger charge is -2.07. The van der Waals surface area contributed by atoms with E-state index in [1.807, 2.05) is 0 Å². The summed E-state index contributed by atoms with van der Waals surface area (Å²) in [4.78, 5) is 11.7. The second-order valence-electron chi connectivity index (χ2n) is 5.27. The van der Waals surface area contributed by atoms with E-state index in [1.54, 1.807) is 0 Å². The summed E-state index contributed by atoms with van der Waals surface area (Å²) in [7, 11) is 0. The van der Waals surface area contributed by atoms with Gasteiger partial charge in [0.25, 0.3) is 5.91 Å². The zero-order valence-electron chi connectivity index (χ0n) is 13.5. The van der Waals surface area contributed by atoms with Gasteiger partial charge in [0.05, 0.1) is 11.8 Å². The van der Waals surface area contributed by atoms with Gasteiger partial charge in [0.15, 0.2) is 0 Å². The van der Waals surface area contributed by atoms with Crippen molar-refractivity contribution in [3.8, 4) is 11.3 Å². The number of carbonyl (C=O) groups is 1. The number of nitrogens with one attached hydrogen (secondary N) is 1. The van der Waals surface area contributed by atoms with Gasteiger partial charge < -0.3 is 10.2 Å². The first-order valence-electron chi connectivity index (χ1n) is 7.44. The average molecular weight is 379 g/mol. The number of hydrogen-bond acceptors (Lipinski definition) is 7. The maximum Gasteiger partial charge on any atom is 0.416 e. The molecule has 1 aromatic carbocycles. The van der Waals surface area contributed by atoms with Crippen molar-refractivity contribution in [2.75, 3.05) is 5.73 Å². The summed E-state index contributed by atoms with van der Waals surface area (Å²) in [5, 5.41) is 13.9. The Labute approximate surface area is 149 Å². The lowest BCUT2D eigenvalue weighted by molar-refractivity contribution is -0.137. The Balaban J connectivity index is 1.63. The number of amides is 1. The second kappa shape index (κ2) is 7.27. The van der Waals surface area contributed by atoms with Crippen LogP contribution in [0.4, 0.5) is 19.1 Å². The normalized spacial score (nSPS) is 11.8. The molecule has 0 atom stereocenters. The fourth-order valence-corrected chi connectivity index (χ4v) is 2.09. The zero-order valence-corrected chi connectivity index (χ0v) is 13.5. The van der Waals surface area contributed by atoms with Crippen molar-refractivity contribution in [1.29, 1.82) is 0 Å². The van der Waals surface area contributed by atoms with Crippen LogP contribution in [0.5, 0.6) is 0 Å². The molecule has 0 spiro atoms. The number of nitrogens with zero attached hydrogens (tertiary/aromatic N) is 5. The number of alkyl halides is 3. The summed E-state index contributed by atoms with van der Waals surface area (Å²) in [6, 6.07) is 7.75. The van der Waals surface area contributed by atoms with E-state index in [1.165, 1.54) is 30.5 Å². The highest BCUT2D eigenvalue weighted by atomic mass is 19.4. The van der Waals surface area contributed by atoms with Gasteiger partial charge in [-0.3, -0.25) is 4.79 Å². The van der Waals surface area contributed by atoms with Gasteiger partial charge in [-0.15, -0.1) is 0 Å². The molecular formula is C15H12F3N7O2. The summed E-state index contributed by atoms with van der Waals surface area (Å²) < 4.78 is 44.8. The standard InChI is InChI=1S/C15H12F3N7O2/c16-15(17,18)10-3-1-2-9(6-10)12-5-4-11(27-12)7-20-21-13(26)8-25-14(19)22-23-24-25/h1-7H,8H2,(H,21,26)(H2,19,22,24)/b20-7-. The molecule has 3 rings (SSSR count). The first-order valence-corrected chi connectivity index (χ1v) is 7.44. The molecule has 0 saturated heterocycles. The van der Waals surface area contributed by atoms with Crippen LogP contribution in [0.3, 0.4) is 0 Å². The van der Waals surface area contributed by atoms with Crippen LogP contribution in [-0.2, 0) is 17.5 Å². The Morgan fingerprint density at radius 1 is 1.33 bits per heavy atom. The third-order valence-corrected chi connectivity index (χ3v) is 3.34. The molecule has 0 fully saturated rings. The Morgan fingerprint density at radius 2 is 2.15 bits per heavy atom. The number of anilines is 1. The highest BCUT2D eigenvalue weighted by Crippen LogP contribution is 2.32. The van der Waals surface area contributed by atoms with Crippen molar-refractivity contribution >= 4 is 18.1 Å². The van der Waals surface area contributed by atoms with Crippen LogP contribution in [0.1, 0.15) is 11.3 Å². The number of benzene rings is 1. The molecule has 3 N–H and O–H groups in total. The number of nitrogen functional groups attached to an aromatic ring is 1. The molecule has 0 saturated carbocycles. The van der Waals surface area contributed by atoms with Crippen LogP contribution in [0, 0.1) is 0 Å². The molecule has 0 aliphatic rings. The number of tetrazole rings is 1. The topological polar surface area (TPSA) is 124 Å². The predicted octanol–water partition coefficient (Wildman–Crippen LogP) is 1.68. The molecule has 0 aliphatic heterocycles.